The van der Waals surface area contributed by atoms with Gasteiger partial charge in [0.25, 0.3) is 0 Å². The molecule has 0 amide bonds. The molecule has 0 fully saturated rings. The van der Waals surface area contributed by atoms with Gasteiger partial charge in [-0.25, -0.2) is 5.84 Å². The first-order valence-electron chi connectivity index (χ1n) is 5.55. The zero-order valence-corrected chi connectivity index (χ0v) is 11.5. The van der Waals surface area contributed by atoms with Gasteiger partial charge < -0.3 is 15.0 Å². The molecule has 1 aromatic heterocycles. The molecule has 0 aliphatic heterocycles. The van der Waals surface area contributed by atoms with E-state index in [1.54, 1.807) is 12.0 Å². The maximum absolute atomic E-state index is 5.34. The quantitative estimate of drug-likeness (QED) is 0.484. The van der Waals surface area contributed by atoms with Crippen LogP contribution in [0.15, 0.2) is 0 Å². The van der Waals surface area contributed by atoms with Crippen LogP contribution in [0.3, 0.4) is 0 Å². The number of nitrogens with two attached hydrogens (primary N) is 1. The van der Waals surface area contributed by atoms with Crippen molar-refractivity contribution in [3.05, 3.63) is 0 Å². The van der Waals surface area contributed by atoms with E-state index in [4.69, 9.17) is 10.6 Å². The van der Waals surface area contributed by atoms with Crippen molar-refractivity contribution in [3.63, 3.8) is 0 Å². The second-order valence-corrected chi connectivity index (χ2v) is 4.76. The molecule has 8 nitrogen and oxygen atoms in total. The van der Waals surface area contributed by atoms with Crippen LogP contribution >= 0.6 is 0 Å². The highest BCUT2D eigenvalue weighted by molar-refractivity contribution is 5.43. The molecule has 0 aliphatic rings. The van der Waals surface area contributed by atoms with Gasteiger partial charge >= 0.3 is 0 Å². The number of rotatable bonds is 6. The standard InChI is InChI=1S/C10H21N7O/c1-10(2,6-18-5)15-7-12-8(16-11)14-9(13-7)17(3)4/h6,11H2,1-5H3,(H2,12,13,14,15,16). The molecule has 0 saturated heterocycles. The number of hydrogen-bond donors (Lipinski definition) is 3. The summed E-state index contributed by atoms with van der Waals surface area (Å²) in [5.74, 6) is 6.62. The van der Waals surface area contributed by atoms with Crippen LogP contribution in [-0.4, -0.2) is 48.3 Å². The third-order valence-electron chi connectivity index (χ3n) is 2.11. The van der Waals surface area contributed by atoms with Crippen molar-refractivity contribution in [3.8, 4) is 0 Å². The van der Waals surface area contributed by atoms with Crippen LogP contribution in [0.5, 0.6) is 0 Å². The first-order valence-corrected chi connectivity index (χ1v) is 5.55. The molecule has 0 atom stereocenters. The highest BCUT2D eigenvalue weighted by Crippen LogP contribution is 2.15. The topological polar surface area (TPSA) is 101 Å². The van der Waals surface area contributed by atoms with Crippen molar-refractivity contribution in [1.82, 2.24) is 15.0 Å². The summed E-state index contributed by atoms with van der Waals surface area (Å²) in [5.41, 5.74) is 2.13. The molecule has 8 heteroatoms. The van der Waals surface area contributed by atoms with Crippen LogP contribution in [0, 0.1) is 0 Å². The molecule has 0 aliphatic carbocycles. The Hall–Kier alpha value is -1.67. The molecule has 0 bridgehead atoms. The number of nitrogens with zero attached hydrogens (tertiary/aromatic N) is 4. The Morgan fingerprint density at radius 2 is 1.83 bits per heavy atom. The third-order valence-corrected chi connectivity index (χ3v) is 2.11. The summed E-state index contributed by atoms with van der Waals surface area (Å²) >= 11 is 0. The van der Waals surface area contributed by atoms with Crippen molar-refractivity contribution in [2.24, 2.45) is 5.84 Å². The largest absolute Gasteiger partial charge is 0.382 e. The lowest BCUT2D eigenvalue weighted by Crippen LogP contribution is -2.37. The molecule has 4 N–H and O–H groups in total. The van der Waals surface area contributed by atoms with Gasteiger partial charge in [-0.1, -0.05) is 0 Å². The first kappa shape index (κ1) is 14.4. The Kier molecular flexibility index (Phi) is 4.62. The average molecular weight is 255 g/mol. The van der Waals surface area contributed by atoms with Crippen molar-refractivity contribution >= 4 is 17.8 Å². The van der Waals surface area contributed by atoms with E-state index in [2.05, 4.69) is 25.7 Å². The summed E-state index contributed by atoms with van der Waals surface area (Å²) in [5, 5.41) is 3.18. The van der Waals surface area contributed by atoms with Crippen LogP contribution in [0.4, 0.5) is 17.8 Å². The number of anilines is 3. The van der Waals surface area contributed by atoms with Gasteiger partial charge in [-0.2, -0.15) is 15.0 Å². The lowest BCUT2D eigenvalue weighted by Gasteiger charge is -2.25. The number of ether oxygens (including phenoxy) is 1. The van der Waals surface area contributed by atoms with Gasteiger partial charge in [-0.05, 0) is 13.8 Å². The third kappa shape index (κ3) is 3.97. The predicted octanol–water partition coefficient (Wildman–Crippen LogP) is 0.0601. The molecular formula is C10H21N7O. The normalized spacial score (nSPS) is 11.2. The fourth-order valence-electron chi connectivity index (χ4n) is 1.38. The number of methoxy groups -OCH3 is 1. The van der Waals surface area contributed by atoms with Gasteiger partial charge in [0, 0.05) is 21.2 Å². The predicted molar refractivity (Wildman–Crippen MR) is 71.5 cm³/mol. The summed E-state index contributed by atoms with van der Waals surface area (Å²) < 4.78 is 5.13. The van der Waals surface area contributed by atoms with Crippen molar-refractivity contribution < 1.29 is 4.74 Å². The van der Waals surface area contributed by atoms with Gasteiger partial charge in [0.2, 0.25) is 17.8 Å². The Morgan fingerprint density at radius 3 is 2.33 bits per heavy atom. The van der Waals surface area contributed by atoms with Crippen LogP contribution in [0.2, 0.25) is 0 Å². The lowest BCUT2D eigenvalue weighted by atomic mass is 10.1. The van der Waals surface area contributed by atoms with E-state index in [-0.39, 0.29) is 5.54 Å². The van der Waals surface area contributed by atoms with Crippen LogP contribution in [-0.2, 0) is 4.74 Å². The fraction of sp³-hybridized carbons (Fsp3) is 0.700. The van der Waals surface area contributed by atoms with E-state index in [9.17, 15) is 0 Å². The molecular weight excluding hydrogens is 234 g/mol. The van der Waals surface area contributed by atoms with Crippen molar-refractivity contribution in [2.75, 3.05) is 43.5 Å². The van der Waals surface area contributed by atoms with E-state index < -0.39 is 0 Å². The lowest BCUT2D eigenvalue weighted by molar-refractivity contribution is 0.158. The van der Waals surface area contributed by atoms with E-state index in [0.29, 0.717) is 24.5 Å². The molecule has 1 heterocycles. The minimum Gasteiger partial charge on any atom is -0.382 e. The zero-order valence-electron chi connectivity index (χ0n) is 11.5. The smallest absolute Gasteiger partial charge is 0.243 e. The van der Waals surface area contributed by atoms with Crippen LogP contribution in [0.25, 0.3) is 0 Å². The maximum Gasteiger partial charge on any atom is 0.243 e. The zero-order chi connectivity index (χ0) is 13.8. The molecule has 1 rings (SSSR count). The summed E-state index contributed by atoms with van der Waals surface area (Å²) in [7, 11) is 5.34. The van der Waals surface area contributed by atoms with Gasteiger partial charge in [-0.15, -0.1) is 0 Å². The van der Waals surface area contributed by atoms with Crippen LogP contribution in [0.1, 0.15) is 13.8 Å². The number of nitrogen functional groups attached to an aromatic ring is 1. The molecule has 102 valence electrons. The Balaban J connectivity index is 2.97. The number of hydrogen-bond acceptors (Lipinski definition) is 8. The van der Waals surface area contributed by atoms with Crippen molar-refractivity contribution in [1.29, 1.82) is 0 Å². The van der Waals surface area contributed by atoms with Gasteiger partial charge in [0.15, 0.2) is 0 Å². The number of nitrogens with one attached hydrogen (secondary N) is 2. The Bertz CT molecular complexity index is 394. The summed E-state index contributed by atoms with van der Waals surface area (Å²) in [6.07, 6.45) is 0. The Labute approximate surface area is 107 Å². The molecule has 0 spiro atoms. The minimum absolute atomic E-state index is 0.286. The minimum atomic E-state index is -0.286. The monoisotopic (exact) mass is 255 g/mol. The second kappa shape index (κ2) is 5.78. The van der Waals surface area contributed by atoms with Gasteiger partial charge in [0.05, 0.1) is 12.1 Å². The maximum atomic E-state index is 5.34. The number of hydrazine groups is 1. The fourth-order valence-corrected chi connectivity index (χ4v) is 1.38. The highest BCUT2D eigenvalue weighted by Gasteiger charge is 2.19. The van der Waals surface area contributed by atoms with Crippen LogP contribution < -0.4 is 21.5 Å². The van der Waals surface area contributed by atoms with E-state index in [0.717, 1.165) is 0 Å². The summed E-state index contributed by atoms with van der Waals surface area (Å²) in [6, 6.07) is 0. The SMILES string of the molecule is COCC(C)(C)Nc1nc(NN)nc(N(C)C)n1. The summed E-state index contributed by atoms with van der Waals surface area (Å²) in [6.45, 7) is 4.51. The molecule has 0 unspecified atom stereocenters. The first-order chi connectivity index (χ1) is 8.38. The average Bonchev–Trinajstić information content (AvgIpc) is 2.27. The van der Waals surface area contributed by atoms with E-state index in [1.807, 2.05) is 27.9 Å². The molecule has 1 aromatic rings. The van der Waals surface area contributed by atoms with Gasteiger partial charge in [0.1, 0.15) is 0 Å². The molecule has 18 heavy (non-hydrogen) atoms. The van der Waals surface area contributed by atoms with E-state index in [1.165, 1.54) is 0 Å². The van der Waals surface area contributed by atoms with Gasteiger partial charge in [-0.3, -0.25) is 5.43 Å². The molecule has 0 radical (unpaired) electrons. The number of aromatic nitrogens is 3. The molecule has 0 saturated carbocycles. The molecule has 0 aromatic carbocycles. The second-order valence-electron chi connectivity index (χ2n) is 4.76. The van der Waals surface area contributed by atoms with E-state index >= 15 is 0 Å². The van der Waals surface area contributed by atoms with Crippen molar-refractivity contribution in [2.45, 2.75) is 19.4 Å². The Morgan fingerprint density at radius 1 is 1.22 bits per heavy atom. The highest BCUT2D eigenvalue weighted by atomic mass is 16.5. The summed E-state index contributed by atoms with van der Waals surface area (Å²) in [4.78, 5) is 14.3.